The Morgan fingerprint density at radius 1 is 1.42 bits per heavy atom. The maximum atomic E-state index is 11.9. The monoisotopic (exact) mass is 260 g/mol. The number of esters is 1. The third-order valence-electron chi connectivity index (χ3n) is 2.68. The van der Waals surface area contributed by atoms with Crippen LogP contribution in [0.5, 0.6) is 5.75 Å². The van der Waals surface area contributed by atoms with E-state index in [2.05, 4.69) is 17.9 Å². The van der Waals surface area contributed by atoms with E-state index in [0.29, 0.717) is 0 Å². The van der Waals surface area contributed by atoms with E-state index in [-0.39, 0.29) is 16.9 Å². The molecular formula is C15H16O4. The van der Waals surface area contributed by atoms with Crippen molar-refractivity contribution < 1.29 is 19.7 Å². The molecule has 0 aliphatic carbocycles. The Bertz CT molecular complexity index is 531. The lowest BCUT2D eigenvalue weighted by atomic mass is 9.85. The van der Waals surface area contributed by atoms with Crippen LogP contribution in [0.25, 0.3) is 0 Å². The van der Waals surface area contributed by atoms with Crippen LogP contribution < -0.4 is 0 Å². The summed E-state index contributed by atoms with van der Waals surface area (Å²) < 4.78 is 4.65. The molecule has 0 amide bonds. The summed E-state index contributed by atoms with van der Waals surface area (Å²) in [5.74, 6) is -0.937. The van der Waals surface area contributed by atoms with Gasteiger partial charge in [0, 0.05) is 5.56 Å². The quantitative estimate of drug-likeness (QED) is 0.628. The van der Waals surface area contributed by atoms with E-state index < -0.39 is 11.6 Å². The number of benzene rings is 1. The molecule has 0 aliphatic rings. The standard InChI is InChI=1S/C15H16O4/c1-4-7-11(5-2)15(18,14(17)19-3)12-8-6-9-13(16)10-12/h4-10,16,18H,1-2H2,3H3/b11-7+. The fourth-order valence-corrected chi connectivity index (χ4v) is 1.74. The lowest BCUT2D eigenvalue weighted by Gasteiger charge is -2.27. The Morgan fingerprint density at radius 3 is 2.58 bits per heavy atom. The molecule has 0 fully saturated rings. The molecule has 0 saturated carbocycles. The molecule has 0 saturated heterocycles. The van der Waals surface area contributed by atoms with Gasteiger partial charge in [0.15, 0.2) is 0 Å². The first-order chi connectivity index (χ1) is 9.00. The summed E-state index contributed by atoms with van der Waals surface area (Å²) in [6.45, 7) is 7.09. The fraction of sp³-hybridized carbons (Fsp3) is 0.133. The van der Waals surface area contributed by atoms with Crippen LogP contribution >= 0.6 is 0 Å². The van der Waals surface area contributed by atoms with Gasteiger partial charge >= 0.3 is 5.97 Å². The summed E-state index contributed by atoms with van der Waals surface area (Å²) in [6.07, 6.45) is 4.21. The van der Waals surface area contributed by atoms with E-state index in [4.69, 9.17) is 0 Å². The van der Waals surface area contributed by atoms with Crippen molar-refractivity contribution >= 4 is 5.97 Å². The summed E-state index contributed by atoms with van der Waals surface area (Å²) in [5, 5.41) is 20.2. The van der Waals surface area contributed by atoms with Crippen molar-refractivity contribution in [1.82, 2.24) is 0 Å². The Kier molecular flexibility index (Phi) is 4.67. The molecule has 0 aliphatic heterocycles. The Balaban J connectivity index is 3.52. The molecule has 4 nitrogen and oxygen atoms in total. The Morgan fingerprint density at radius 2 is 2.11 bits per heavy atom. The molecule has 1 aromatic carbocycles. The molecule has 0 spiro atoms. The number of carbonyl (C=O) groups excluding carboxylic acids is 1. The zero-order valence-corrected chi connectivity index (χ0v) is 10.7. The van der Waals surface area contributed by atoms with Crippen LogP contribution in [0, 0.1) is 0 Å². The fourth-order valence-electron chi connectivity index (χ4n) is 1.74. The topological polar surface area (TPSA) is 66.8 Å². The van der Waals surface area contributed by atoms with Crippen LogP contribution in [-0.2, 0) is 15.1 Å². The van der Waals surface area contributed by atoms with Gasteiger partial charge in [0.25, 0.3) is 0 Å². The molecule has 0 bridgehead atoms. The molecule has 100 valence electrons. The predicted molar refractivity (Wildman–Crippen MR) is 72.5 cm³/mol. The third kappa shape index (κ3) is 2.74. The van der Waals surface area contributed by atoms with Crippen LogP contribution in [0.2, 0.25) is 0 Å². The highest BCUT2D eigenvalue weighted by molar-refractivity contribution is 5.86. The van der Waals surface area contributed by atoms with E-state index in [1.54, 1.807) is 0 Å². The largest absolute Gasteiger partial charge is 0.508 e. The van der Waals surface area contributed by atoms with E-state index >= 15 is 0 Å². The average molecular weight is 260 g/mol. The number of aromatic hydroxyl groups is 1. The van der Waals surface area contributed by atoms with Gasteiger partial charge in [0.05, 0.1) is 7.11 Å². The number of aliphatic hydroxyl groups is 1. The highest BCUT2D eigenvalue weighted by Crippen LogP contribution is 2.33. The van der Waals surface area contributed by atoms with Crippen molar-refractivity contribution in [3.8, 4) is 5.75 Å². The lowest BCUT2D eigenvalue weighted by Crippen LogP contribution is -2.38. The molecular weight excluding hydrogens is 244 g/mol. The first-order valence-corrected chi connectivity index (χ1v) is 5.56. The molecule has 0 radical (unpaired) electrons. The SMILES string of the molecule is C=C/C=C(\C=C)C(O)(C(=O)OC)c1cccc(O)c1. The van der Waals surface area contributed by atoms with Crippen LogP contribution in [0.1, 0.15) is 5.56 Å². The summed E-state index contributed by atoms with van der Waals surface area (Å²) in [6, 6.07) is 5.76. The number of hydrogen-bond acceptors (Lipinski definition) is 4. The number of rotatable bonds is 5. The minimum absolute atomic E-state index is 0.0677. The minimum Gasteiger partial charge on any atom is -0.508 e. The second-order valence-electron chi connectivity index (χ2n) is 3.81. The van der Waals surface area contributed by atoms with E-state index in [1.165, 1.54) is 49.6 Å². The van der Waals surface area contributed by atoms with Gasteiger partial charge in [0.1, 0.15) is 5.75 Å². The maximum Gasteiger partial charge on any atom is 0.347 e. The highest BCUT2D eigenvalue weighted by atomic mass is 16.5. The van der Waals surface area contributed by atoms with Gasteiger partial charge in [-0.15, -0.1) is 0 Å². The molecule has 19 heavy (non-hydrogen) atoms. The molecule has 1 aromatic rings. The van der Waals surface area contributed by atoms with Crippen LogP contribution in [0.3, 0.4) is 0 Å². The summed E-state index contributed by atoms with van der Waals surface area (Å²) in [4.78, 5) is 11.9. The van der Waals surface area contributed by atoms with Gasteiger partial charge in [-0.3, -0.25) is 0 Å². The number of methoxy groups -OCH3 is 1. The first-order valence-electron chi connectivity index (χ1n) is 5.56. The molecule has 4 heteroatoms. The number of phenolic OH excluding ortho intramolecular Hbond substituents is 1. The van der Waals surface area contributed by atoms with Gasteiger partial charge in [0.2, 0.25) is 5.60 Å². The Hall–Kier alpha value is -2.33. The van der Waals surface area contributed by atoms with E-state index in [1.807, 2.05) is 0 Å². The highest BCUT2D eigenvalue weighted by Gasteiger charge is 2.42. The molecule has 1 atom stereocenters. The van der Waals surface area contributed by atoms with Gasteiger partial charge < -0.3 is 14.9 Å². The van der Waals surface area contributed by atoms with Gasteiger partial charge in [-0.25, -0.2) is 4.79 Å². The number of phenols is 1. The summed E-state index contributed by atoms with van der Waals surface area (Å²) in [7, 11) is 1.17. The number of carbonyl (C=O) groups is 1. The number of ether oxygens (including phenoxy) is 1. The summed E-state index contributed by atoms with van der Waals surface area (Å²) in [5.41, 5.74) is -1.64. The minimum atomic E-state index is -2.04. The van der Waals surface area contributed by atoms with E-state index in [0.717, 1.165) is 0 Å². The van der Waals surface area contributed by atoms with Gasteiger partial charge in [-0.1, -0.05) is 43.5 Å². The van der Waals surface area contributed by atoms with Crippen molar-refractivity contribution in [2.24, 2.45) is 0 Å². The Labute approximate surface area is 112 Å². The average Bonchev–Trinajstić information content (AvgIpc) is 2.42. The maximum absolute atomic E-state index is 11.9. The molecule has 0 aromatic heterocycles. The predicted octanol–water partition coefficient (Wildman–Crippen LogP) is 2.05. The lowest BCUT2D eigenvalue weighted by molar-refractivity contribution is -0.159. The zero-order chi connectivity index (χ0) is 14.5. The molecule has 1 unspecified atom stereocenters. The second-order valence-corrected chi connectivity index (χ2v) is 3.81. The molecule has 2 N–H and O–H groups in total. The number of allylic oxidation sites excluding steroid dienone is 2. The van der Waals surface area contributed by atoms with Crippen LogP contribution in [0.15, 0.2) is 61.2 Å². The normalized spacial score (nSPS) is 14.3. The first kappa shape index (κ1) is 14.7. The zero-order valence-electron chi connectivity index (χ0n) is 10.7. The third-order valence-corrected chi connectivity index (χ3v) is 2.68. The van der Waals surface area contributed by atoms with Crippen molar-refractivity contribution in [3.05, 3.63) is 66.8 Å². The van der Waals surface area contributed by atoms with Crippen molar-refractivity contribution in [2.45, 2.75) is 5.60 Å². The van der Waals surface area contributed by atoms with Gasteiger partial charge in [-0.05, 0) is 17.7 Å². The molecule has 0 heterocycles. The van der Waals surface area contributed by atoms with Gasteiger partial charge in [-0.2, -0.15) is 0 Å². The number of hydrogen-bond donors (Lipinski definition) is 2. The van der Waals surface area contributed by atoms with Crippen LogP contribution in [0.4, 0.5) is 0 Å². The van der Waals surface area contributed by atoms with E-state index in [9.17, 15) is 15.0 Å². The summed E-state index contributed by atoms with van der Waals surface area (Å²) >= 11 is 0. The van der Waals surface area contributed by atoms with Crippen LogP contribution in [-0.4, -0.2) is 23.3 Å². The molecule has 1 rings (SSSR count). The van der Waals surface area contributed by atoms with Crippen molar-refractivity contribution in [1.29, 1.82) is 0 Å². The smallest absolute Gasteiger partial charge is 0.347 e. The van der Waals surface area contributed by atoms with Crippen molar-refractivity contribution in [2.75, 3.05) is 7.11 Å². The van der Waals surface area contributed by atoms with Crippen molar-refractivity contribution in [3.63, 3.8) is 0 Å². The second kappa shape index (κ2) is 6.02.